The van der Waals surface area contributed by atoms with Crippen LogP contribution in [0.4, 0.5) is 11.9 Å². The highest BCUT2D eigenvalue weighted by atomic mass is 16.5. The zero-order valence-corrected chi connectivity index (χ0v) is 12.6. The molecule has 0 saturated carbocycles. The minimum atomic E-state index is 0.0196. The van der Waals surface area contributed by atoms with Crippen LogP contribution in [0.25, 0.3) is 0 Å². The number of anilines is 2. The van der Waals surface area contributed by atoms with E-state index in [-0.39, 0.29) is 6.10 Å². The lowest BCUT2D eigenvalue weighted by Crippen LogP contribution is -2.14. The Bertz CT molecular complexity index is 541. The Morgan fingerprint density at radius 3 is 2.71 bits per heavy atom. The van der Waals surface area contributed by atoms with Gasteiger partial charge in [0.1, 0.15) is 0 Å². The lowest BCUT2D eigenvalue weighted by Gasteiger charge is -2.11. The molecule has 2 aromatic rings. The average Bonchev–Trinajstić information content (AvgIpc) is 2.96. The van der Waals surface area contributed by atoms with E-state index in [1.807, 2.05) is 24.6 Å². The summed E-state index contributed by atoms with van der Waals surface area (Å²) in [7, 11) is 1.76. The molecule has 2 N–H and O–H groups in total. The third-order valence-corrected chi connectivity index (χ3v) is 2.62. The summed E-state index contributed by atoms with van der Waals surface area (Å²) in [6.45, 7) is 5.51. The van der Waals surface area contributed by atoms with Gasteiger partial charge in [0.2, 0.25) is 11.9 Å². The molecule has 0 saturated heterocycles. The molecule has 0 aromatic carbocycles. The molecule has 0 fully saturated rings. The molecule has 2 heterocycles. The van der Waals surface area contributed by atoms with Crippen LogP contribution in [0.2, 0.25) is 0 Å². The molecule has 21 heavy (non-hydrogen) atoms. The van der Waals surface area contributed by atoms with Crippen LogP contribution in [0.3, 0.4) is 0 Å². The molecule has 8 nitrogen and oxygen atoms in total. The third-order valence-electron chi connectivity index (χ3n) is 2.62. The van der Waals surface area contributed by atoms with Gasteiger partial charge in [0.05, 0.1) is 12.4 Å². The van der Waals surface area contributed by atoms with E-state index in [1.165, 1.54) is 0 Å². The Hall–Kier alpha value is -2.38. The van der Waals surface area contributed by atoms with Crippen molar-refractivity contribution in [2.75, 3.05) is 24.2 Å². The van der Waals surface area contributed by atoms with Gasteiger partial charge in [0.25, 0.3) is 0 Å². The number of hydrogen-bond donors (Lipinski definition) is 2. The van der Waals surface area contributed by atoms with Gasteiger partial charge in [-0.1, -0.05) is 0 Å². The van der Waals surface area contributed by atoms with Crippen LogP contribution in [0, 0.1) is 0 Å². The third kappa shape index (κ3) is 4.90. The molecular weight excluding hydrogens is 270 g/mol. The monoisotopic (exact) mass is 291 g/mol. The van der Waals surface area contributed by atoms with E-state index in [0.29, 0.717) is 17.9 Å². The van der Waals surface area contributed by atoms with Gasteiger partial charge >= 0.3 is 6.01 Å². The van der Waals surface area contributed by atoms with Gasteiger partial charge < -0.3 is 19.9 Å². The number of aromatic nitrogens is 5. The van der Waals surface area contributed by atoms with Crippen molar-refractivity contribution in [1.82, 2.24) is 24.5 Å². The number of nitrogens with one attached hydrogen (secondary N) is 2. The SMILES string of the molecule is CNc1nc(NCCCn2ccnc2)nc(OC(C)C)n1. The fourth-order valence-electron chi connectivity index (χ4n) is 1.69. The van der Waals surface area contributed by atoms with E-state index >= 15 is 0 Å². The van der Waals surface area contributed by atoms with Gasteiger partial charge in [0, 0.05) is 32.5 Å². The van der Waals surface area contributed by atoms with Crippen LogP contribution in [-0.2, 0) is 6.54 Å². The molecule has 8 heteroatoms. The van der Waals surface area contributed by atoms with Crippen LogP contribution in [0.15, 0.2) is 18.7 Å². The summed E-state index contributed by atoms with van der Waals surface area (Å²) in [5.41, 5.74) is 0. The first-order valence-electron chi connectivity index (χ1n) is 6.97. The molecule has 0 aliphatic rings. The standard InChI is InChI=1S/C13H21N7O/c1-10(2)21-13-18-11(14-3)17-12(19-13)16-5-4-7-20-8-6-15-9-20/h6,8-10H,4-5,7H2,1-3H3,(H2,14,16,17,18,19). The van der Waals surface area contributed by atoms with Gasteiger partial charge in [-0.25, -0.2) is 4.98 Å². The zero-order chi connectivity index (χ0) is 15.1. The van der Waals surface area contributed by atoms with Gasteiger partial charge in [-0.15, -0.1) is 0 Å². The van der Waals surface area contributed by atoms with Crippen LogP contribution in [-0.4, -0.2) is 44.2 Å². The number of ether oxygens (including phenoxy) is 1. The number of hydrogen-bond acceptors (Lipinski definition) is 7. The number of nitrogens with zero attached hydrogens (tertiary/aromatic N) is 5. The second-order valence-corrected chi connectivity index (χ2v) is 4.76. The maximum absolute atomic E-state index is 5.51. The summed E-state index contributed by atoms with van der Waals surface area (Å²) in [5, 5.41) is 6.08. The largest absolute Gasteiger partial charge is 0.461 e. The number of rotatable bonds is 8. The van der Waals surface area contributed by atoms with Crippen molar-refractivity contribution in [2.24, 2.45) is 0 Å². The van der Waals surface area contributed by atoms with Crippen molar-refractivity contribution in [1.29, 1.82) is 0 Å². The van der Waals surface area contributed by atoms with E-state index < -0.39 is 0 Å². The molecule has 2 rings (SSSR count). The lowest BCUT2D eigenvalue weighted by molar-refractivity contribution is 0.222. The normalized spacial score (nSPS) is 10.7. The molecule has 0 radical (unpaired) electrons. The first kappa shape index (κ1) is 15.0. The van der Waals surface area contributed by atoms with Gasteiger partial charge in [-0.2, -0.15) is 15.0 Å². The molecule has 0 bridgehead atoms. The van der Waals surface area contributed by atoms with Crippen LogP contribution in [0.5, 0.6) is 6.01 Å². The quantitative estimate of drug-likeness (QED) is 0.710. The molecular formula is C13H21N7O. The zero-order valence-electron chi connectivity index (χ0n) is 12.6. The minimum Gasteiger partial charge on any atom is -0.461 e. The van der Waals surface area contributed by atoms with Crippen LogP contribution >= 0.6 is 0 Å². The number of aryl methyl sites for hydroxylation is 1. The summed E-state index contributed by atoms with van der Waals surface area (Å²) < 4.78 is 7.54. The van der Waals surface area contributed by atoms with Gasteiger partial charge in [-0.3, -0.25) is 0 Å². The Balaban J connectivity index is 1.89. The second kappa shape index (κ2) is 7.41. The average molecular weight is 291 g/mol. The van der Waals surface area contributed by atoms with Crippen molar-refractivity contribution in [3.8, 4) is 6.01 Å². The fourth-order valence-corrected chi connectivity index (χ4v) is 1.69. The molecule has 0 atom stereocenters. The predicted octanol–water partition coefficient (Wildman–Crippen LogP) is 1.40. The van der Waals surface area contributed by atoms with Gasteiger partial charge in [0.15, 0.2) is 0 Å². The van der Waals surface area contributed by atoms with E-state index in [1.54, 1.807) is 19.6 Å². The highest BCUT2D eigenvalue weighted by Gasteiger charge is 2.07. The molecule has 0 aliphatic carbocycles. The molecule has 0 amide bonds. The van der Waals surface area contributed by atoms with Crippen LogP contribution < -0.4 is 15.4 Å². The topological polar surface area (TPSA) is 89.8 Å². The Morgan fingerprint density at radius 2 is 2.05 bits per heavy atom. The molecule has 0 unspecified atom stereocenters. The minimum absolute atomic E-state index is 0.0196. The van der Waals surface area contributed by atoms with Crippen molar-refractivity contribution in [2.45, 2.75) is 32.9 Å². The molecule has 114 valence electrons. The summed E-state index contributed by atoms with van der Waals surface area (Å²) >= 11 is 0. The van der Waals surface area contributed by atoms with Gasteiger partial charge in [-0.05, 0) is 20.3 Å². The van der Waals surface area contributed by atoms with Crippen molar-refractivity contribution in [3.63, 3.8) is 0 Å². The first-order valence-corrected chi connectivity index (χ1v) is 6.97. The summed E-state index contributed by atoms with van der Waals surface area (Å²) in [4.78, 5) is 16.7. The molecule has 0 spiro atoms. The Kier molecular flexibility index (Phi) is 5.30. The number of imidazole rings is 1. The summed E-state index contributed by atoms with van der Waals surface area (Å²) in [6, 6.07) is 0.321. The van der Waals surface area contributed by atoms with E-state index in [2.05, 4.69) is 30.6 Å². The molecule has 2 aromatic heterocycles. The van der Waals surface area contributed by atoms with Crippen LogP contribution in [0.1, 0.15) is 20.3 Å². The lowest BCUT2D eigenvalue weighted by atomic mass is 10.4. The summed E-state index contributed by atoms with van der Waals surface area (Å²) in [5.74, 6) is 0.994. The highest BCUT2D eigenvalue weighted by Crippen LogP contribution is 2.12. The maximum Gasteiger partial charge on any atom is 0.323 e. The fraction of sp³-hybridized carbons (Fsp3) is 0.538. The van der Waals surface area contributed by atoms with E-state index in [9.17, 15) is 0 Å². The van der Waals surface area contributed by atoms with E-state index in [4.69, 9.17) is 4.74 Å². The Labute approximate surface area is 124 Å². The van der Waals surface area contributed by atoms with Crippen molar-refractivity contribution >= 4 is 11.9 Å². The predicted molar refractivity (Wildman–Crippen MR) is 80.5 cm³/mol. The first-order chi connectivity index (χ1) is 10.2. The maximum atomic E-state index is 5.51. The summed E-state index contributed by atoms with van der Waals surface area (Å²) in [6.07, 6.45) is 6.48. The second-order valence-electron chi connectivity index (χ2n) is 4.76. The highest BCUT2D eigenvalue weighted by molar-refractivity contribution is 5.35. The Morgan fingerprint density at radius 1 is 1.24 bits per heavy atom. The van der Waals surface area contributed by atoms with E-state index in [0.717, 1.165) is 19.5 Å². The van der Waals surface area contributed by atoms with Crippen molar-refractivity contribution in [3.05, 3.63) is 18.7 Å². The smallest absolute Gasteiger partial charge is 0.323 e. The molecule has 0 aliphatic heterocycles. The van der Waals surface area contributed by atoms with Crippen molar-refractivity contribution < 1.29 is 4.74 Å².